The molecule has 0 bridgehead atoms. The lowest BCUT2D eigenvalue weighted by Crippen LogP contribution is -1.90. The quantitative estimate of drug-likeness (QED) is 0.740. The summed E-state index contributed by atoms with van der Waals surface area (Å²) in [6.45, 7) is 4.16. The fraction of sp³-hybridized carbons (Fsp3) is 0.167. The minimum absolute atomic E-state index is 0.657. The van der Waals surface area contributed by atoms with E-state index in [2.05, 4.69) is 42.2 Å². The van der Waals surface area contributed by atoms with E-state index in [0.717, 1.165) is 11.3 Å². The van der Waals surface area contributed by atoms with E-state index in [-0.39, 0.29) is 0 Å². The number of nitrogens with one attached hydrogen (secondary N) is 1. The summed E-state index contributed by atoms with van der Waals surface area (Å²) in [5, 5.41) is 7.03. The molecule has 0 amide bonds. The minimum atomic E-state index is 0.657. The molecule has 0 aliphatic carbocycles. The van der Waals surface area contributed by atoms with Crippen molar-refractivity contribution < 1.29 is 0 Å². The molecule has 0 radical (unpaired) electrons. The van der Waals surface area contributed by atoms with Crippen molar-refractivity contribution in [3.63, 3.8) is 0 Å². The molecule has 0 fully saturated rings. The lowest BCUT2D eigenvalue weighted by Gasteiger charge is -2.05. The summed E-state index contributed by atoms with van der Waals surface area (Å²) >= 11 is 4.96. The second-order valence-electron chi connectivity index (χ2n) is 3.62. The molecule has 0 saturated heterocycles. The normalized spacial score (nSPS) is 10.3. The highest BCUT2D eigenvalue weighted by Gasteiger charge is 2.02. The van der Waals surface area contributed by atoms with Crippen LogP contribution >= 0.6 is 12.2 Å². The first-order valence-electron chi connectivity index (χ1n) is 4.80. The number of hydrogen-bond acceptors (Lipinski definition) is 2. The molecular formula is C12H12N2S. The van der Waals surface area contributed by atoms with Crippen molar-refractivity contribution in [3.8, 4) is 11.3 Å². The predicted molar refractivity (Wildman–Crippen MR) is 64.3 cm³/mol. The maximum Gasteiger partial charge on any atom is 0.119 e. The number of H-pyrrole nitrogens is 1. The maximum absolute atomic E-state index is 4.96. The molecule has 0 spiro atoms. The molecule has 1 aromatic heterocycles. The van der Waals surface area contributed by atoms with Crippen LogP contribution in [-0.4, -0.2) is 10.2 Å². The molecule has 0 unspecified atom stereocenters. The highest BCUT2D eigenvalue weighted by Crippen LogP contribution is 2.21. The fourth-order valence-corrected chi connectivity index (χ4v) is 1.62. The molecular weight excluding hydrogens is 204 g/mol. The van der Waals surface area contributed by atoms with Crippen molar-refractivity contribution in [1.29, 1.82) is 0 Å². The number of aromatic amines is 1. The number of nitrogens with zero attached hydrogens (tertiary/aromatic N) is 1. The zero-order chi connectivity index (χ0) is 10.8. The van der Waals surface area contributed by atoms with Gasteiger partial charge in [0.25, 0.3) is 0 Å². The molecule has 15 heavy (non-hydrogen) atoms. The van der Waals surface area contributed by atoms with Crippen LogP contribution in [0, 0.1) is 18.5 Å². The Morgan fingerprint density at radius 1 is 1.13 bits per heavy atom. The summed E-state index contributed by atoms with van der Waals surface area (Å²) in [4.78, 5) is 0. The van der Waals surface area contributed by atoms with Crippen molar-refractivity contribution in [3.05, 3.63) is 46.1 Å². The van der Waals surface area contributed by atoms with E-state index in [1.165, 1.54) is 11.1 Å². The number of rotatable bonds is 1. The first-order chi connectivity index (χ1) is 7.16. The fourth-order valence-electron chi connectivity index (χ4n) is 1.51. The van der Waals surface area contributed by atoms with Gasteiger partial charge in [0.15, 0.2) is 0 Å². The summed E-state index contributed by atoms with van der Waals surface area (Å²) in [6, 6.07) is 10.1. The second-order valence-corrected chi connectivity index (χ2v) is 4.06. The topological polar surface area (TPSA) is 28.7 Å². The minimum Gasteiger partial charge on any atom is -0.267 e. The van der Waals surface area contributed by atoms with Gasteiger partial charge in [-0.15, -0.1) is 0 Å². The number of aromatic nitrogens is 2. The van der Waals surface area contributed by atoms with Crippen LogP contribution in [0.1, 0.15) is 11.1 Å². The van der Waals surface area contributed by atoms with E-state index in [0.29, 0.717) is 4.64 Å². The number of hydrogen-bond donors (Lipinski definition) is 1. The van der Waals surface area contributed by atoms with E-state index < -0.39 is 0 Å². The number of aryl methyl sites for hydroxylation is 2. The predicted octanol–water partition coefficient (Wildman–Crippen LogP) is 3.42. The Kier molecular flexibility index (Phi) is 2.64. The van der Waals surface area contributed by atoms with Crippen LogP contribution in [0.3, 0.4) is 0 Å². The average molecular weight is 216 g/mol. The Morgan fingerprint density at radius 3 is 2.60 bits per heavy atom. The van der Waals surface area contributed by atoms with Crippen molar-refractivity contribution in [1.82, 2.24) is 10.2 Å². The third kappa shape index (κ3) is 2.13. The van der Waals surface area contributed by atoms with Gasteiger partial charge in [0.2, 0.25) is 0 Å². The van der Waals surface area contributed by atoms with Gasteiger partial charge in [0.1, 0.15) is 4.64 Å². The van der Waals surface area contributed by atoms with Crippen LogP contribution < -0.4 is 0 Å². The summed E-state index contributed by atoms with van der Waals surface area (Å²) < 4.78 is 0.657. The highest BCUT2D eigenvalue weighted by atomic mass is 32.1. The molecule has 0 aliphatic heterocycles. The van der Waals surface area contributed by atoms with Crippen molar-refractivity contribution in [2.45, 2.75) is 13.8 Å². The van der Waals surface area contributed by atoms with E-state index in [1.54, 1.807) is 0 Å². The van der Waals surface area contributed by atoms with E-state index >= 15 is 0 Å². The Labute approximate surface area is 94.0 Å². The number of benzene rings is 1. The first kappa shape index (κ1) is 10.1. The molecule has 1 heterocycles. The molecule has 0 atom stereocenters. The smallest absolute Gasteiger partial charge is 0.119 e. The molecule has 2 rings (SSSR count). The molecule has 0 saturated carbocycles. The van der Waals surface area contributed by atoms with Gasteiger partial charge >= 0.3 is 0 Å². The summed E-state index contributed by atoms with van der Waals surface area (Å²) in [5.41, 5.74) is 4.55. The Balaban J connectivity index is 2.58. The Hall–Kier alpha value is -1.48. The van der Waals surface area contributed by atoms with Gasteiger partial charge in [-0.25, -0.2) is 0 Å². The standard InChI is InChI=1S/C12H12N2S/c1-8-3-4-9(2)10(7-8)11-5-6-12(15)14-13-11/h3-7H,1-2H3,(H,14,15). The van der Waals surface area contributed by atoms with Crippen LogP contribution in [-0.2, 0) is 0 Å². The van der Waals surface area contributed by atoms with Gasteiger partial charge < -0.3 is 0 Å². The largest absolute Gasteiger partial charge is 0.267 e. The average Bonchev–Trinajstić information content (AvgIpc) is 2.23. The third-order valence-corrected chi connectivity index (χ3v) is 2.58. The van der Waals surface area contributed by atoms with Gasteiger partial charge in [-0.05, 0) is 37.6 Å². The van der Waals surface area contributed by atoms with Crippen LogP contribution in [0.5, 0.6) is 0 Å². The van der Waals surface area contributed by atoms with Gasteiger partial charge in [-0.1, -0.05) is 29.9 Å². The van der Waals surface area contributed by atoms with E-state index in [9.17, 15) is 0 Å². The van der Waals surface area contributed by atoms with Gasteiger partial charge in [-0.2, -0.15) is 5.10 Å². The van der Waals surface area contributed by atoms with Crippen LogP contribution in [0.25, 0.3) is 11.3 Å². The molecule has 2 aromatic rings. The summed E-state index contributed by atoms with van der Waals surface area (Å²) in [6.07, 6.45) is 0. The third-order valence-electron chi connectivity index (χ3n) is 2.35. The lowest BCUT2D eigenvalue weighted by atomic mass is 10.0. The monoisotopic (exact) mass is 216 g/mol. The zero-order valence-electron chi connectivity index (χ0n) is 8.74. The van der Waals surface area contributed by atoms with Crippen molar-refractivity contribution in [2.24, 2.45) is 0 Å². The van der Waals surface area contributed by atoms with Gasteiger partial charge in [0, 0.05) is 5.56 Å². The molecule has 3 heteroatoms. The van der Waals surface area contributed by atoms with E-state index in [1.807, 2.05) is 12.1 Å². The Bertz CT molecular complexity index is 523. The lowest BCUT2D eigenvalue weighted by molar-refractivity contribution is 1.02. The Morgan fingerprint density at radius 2 is 1.93 bits per heavy atom. The molecule has 76 valence electrons. The SMILES string of the molecule is Cc1ccc(C)c(-c2ccc(=S)[nH]n2)c1. The van der Waals surface area contributed by atoms with Crippen LogP contribution in [0.2, 0.25) is 0 Å². The second kappa shape index (κ2) is 3.95. The highest BCUT2D eigenvalue weighted by molar-refractivity contribution is 7.71. The van der Waals surface area contributed by atoms with E-state index in [4.69, 9.17) is 12.2 Å². The molecule has 2 nitrogen and oxygen atoms in total. The maximum atomic E-state index is 4.96. The van der Waals surface area contributed by atoms with Crippen LogP contribution in [0.15, 0.2) is 30.3 Å². The zero-order valence-corrected chi connectivity index (χ0v) is 9.56. The van der Waals surface area contributed by atoms with Crippen molar-refractivity contribution in [2.75, 3.05) is 0 Å². The summed E-state index contributed by atoms with van der Waals surface area (Å²) in [7, 11) is 0. The molecule has 1 N–H and O–H groups in total. The van der Waals surface area contributed by atoms with Crippen LogP contribution in [0.4, 0.5) is 0 Å². The molecule has 1 aromatic carbocycles. The van der Waals surface area contributed by atoms with Gasteiger partial charge in [-0.3, -0.25) is 5.10 Å². The summed E-state index contributed by atoms with van der Waals surface area (Å²) in [5.74, 6) is 0. The molecule has 0 aliphatic rings. The first-order valence-corrected chi connectivity index (χ1v) is 5.21. The van der Waals surface area contributed by atoms with Crippen molar-refractivity contribution >= 4 is 12.2 Å². The van der Waals surface area contributed by atoms with Gasteiger partial charge in [0.05, 0.1) is 5.69 Å².